The van der Waals surface area contributed by atoms with Crippen LogP contribution in [0, 0.1) is 5.92 Å². The second-order valence-electron chi connectivity index (χ2n) is 3.81. The van der Waals surface area contributed by atoms with Gasteiger partial charge in [-0.15, -0.1) is 0 Å². The Morgan fingerprint density at radius 2 is 2.31 bits per heavy atom. The lowest BCUT2D eigenvalue weighted by Crippen LogP contribution is -2.09. The van der Waals surface area contributed by atoms with Crippen molar-refractivity contribution in [3.63, 3.8) is 0 Å². The standard InChI is InChI=1S/C10H16N2O/c1-8(2)6-12-7-11-5-10(12)4-9(3)13/h5,7-8H,4,6H2,1-3H3. The molecule has 0 aliphatic carbocycles. The van der Waals surface area contributed by atoms with Crippen LogP contribution in [-0.4, -0.2) is 15.3 Å². The Morgan fingerprint density at radius 1 is 1.62 bits per heavy atom. The molecular formula is C10H16N2O. The number of nitrogens with zero attached hydrogens (tertiary/aromatic N) is 2. The molecule has 0 unspecified atom stereocenters. The maximum atomic E-state index is 10.9. The van der Waals surface area contributed by atoms with Crippen molar-refractivity contribution in [2.75, 3.05) is 0 Å². The smallest absolute Gasteiger partial charge is 0.135 e. The quantitative estimate of drug-likeness (QED) is 0.706. The average Bonchev–Trinajstić information content (AvgIpc) is 2.34. The first-order chi connectivity index (χ1) is 6.09. The molecule has 13 heavy (non-hydrogen) atoms. The van der Waals surface area contributed by atoms with Gasteiger partial charge in [-0.05, 0) is 12.8 Å². The Labute approximate surface area is 78.8 Å². The summed E-state index contributed by atoms with van der Waals surface area (Å²) in [6.07, 6.45) is 4.05. The first-order valence-electron chi connectivity index (χ1n) is 4.58. The molecule has 1 rings (SSSR count). The minimum atomic E-state index is 0.186. The lowest BCUT2D eigenvalue weighted by Gasteiger charge is -2.08. The van der Waals surface area contributed by atoms with Crippen molar-refractivity contribution in [2.24, 2.45) is 5.92 Å². The molecule has 1 aromatic rings. The van der Waals surface area contributed by atoms with E-state index < -0.39 is 0 Å². The zero-order chi connectivity index (χ0) is 9.84. The van der Waals surface area contributed by atoms with Gasteiger partial charge in [0.05, 0.1) is 6.33 Å². The SMILES string of the molecule is CC(=O)Cc1cncn1CC(C)C. The van der Waals surface area contributed by atoms with Crippen LogP contribution in [0.2, 0.25) is 0 Å². The molecule has 0 aliphatic rings. The summed E-state index contributed by atoms with van der Waals surface area (Å²) in [6.45, 7) is 6.84. The van der Waals surface area contributed by atoms with Crippen LogP contribution in [0.25, 0.3) is 0 Å². The number of rotatable bonds is 4. The summed E-state index contributed by atoms with van der Waals surface area (Å²) in [4.78, 5) is 14.9. The van der Waals surface area contributed by atoms with Gasteiger partial charge in [0.2, 0.25) is 0 Å². The van der Waals surface area contributed by atoms with Gasteiger partial charge in [0.15, 0.2) is 0 Å². The Balaban J connectivity index is 2.71. The van der Waals surface area contributed by atoms with Gasteiger partial charge >= 0.3 is 0 Å². The van der Waals surface area contributed by atoms with Crippen molar-refractivity contribution < 1.29 is 4.79 Å². The first kappa shape index (κ1) is 9.96. The predicted octanol–water partition coefficient (Wildman–Crippen LogP) is 1.67. The molecule has 0 fully saturated rings. The normalized spacial score (nSPS) is 10.8. The zero-order valence-electron chi connectivity index (χ0n) is 8.45. The maximum Gasteiger partial charge on any atom is 0.135 e. The highest BCUT2D eigenvalue weighted by Gasteiger charge is 2.05. The second kappa shape index (κ2) is 4.21. The molecule has 1 aromatic heterocycles. The van der Waals surface area contributed by atoms with E-state index in [9.17, 15) is 4.79 Å². The molecule has 0 aromatic carbocycles. The predicted molar refractivity (Wildman–Crippen MR) is 51.5 cm³/mol. The Kier molecular flexibility index (Phi) is 3.23. The largest absolute Gasteiger partial charge is 0.334 e. The van der Waals surface area contributed by atoms with E-state index in [0.29, 0.717) is 12.3 Å². The molecule has 1 heterocycles. The van der Waals surface area contributed by atoms with E-state index in [1.54, 1.807) is 19.4 Å². The summed E-state index contributed by atoms with van der Waals surface area (Å²) in [5.41, 5.74) is 1.02. The Bertz CT molecular complexity index is 289. The summed E-state index contributed by atoms with van der Waals surface area (Å²) >= 11 is 0. The van der Waals surface area contributed by atoms with Gasteiger partial charge in [0, 0.05) is 24.9 Å². The van der Waals surface area contributed by atoms with Crippen LogP contribution in [0.15, 0.2) is 12.5 Å². The molecule has 0 N–H and O–H groups in total. The van der Waals surface area contributed by atoms with Gasteiger partial charge in [0.1, 0.15) is 5.78 Å². The molecule has 0 saturated carbocycles. The minimum Gasteiger partial charge on any atom is -0.334 e. The fourth-order valence-corrected chi connectivity index (χ4v) is 1.31. The fraction of sp³-hybridized carbons (Fsp3) is 0.600. The third kappa shape index (κ3) is 3.01. The average molecular weight is 180 g/mol. The van der Waals surface area contributed by atoms with Crippen molar-refractivity contribution >= 4 is 5.78 Å². The number of Topliss-reactive ketones (excluding diaryl/α,β-unsaturated/α-hetero) is 1. The van der Waals surface area contributed by atoms with Crippen LogP contribution in [-0.2, 0) is 17.8 Å². The van der Waals surface area contributed by atoms with Gasteiger partial charge in [-0.25, -0.2) is 4.98 Å². The number of hydrogen-bond acceptors (Lipinski definition) is 2. The van der Waals surface area contributed by atoms with Gasteiger partial charge in [0.25, 0.3) is 0 Å². The van der Waals surface area contributed by atoms with Gasteiger partial charge < -0.3 is 4.57 Å². The van der Waals surface area contributed by atoms with Crippen molar-refractivity contribution in [1.82, 2.24) is 9.55 Å². The number of imidazole rings is 1. The van der Waals surface area contributed by atoms with E-state index in [0.717, 1.165) is 12.2 Å². The van der Waals surface area contributed by atoms with Crippen molar-refractivity contribution in [2.45, 2.75) is 33.7 Å². The van der Waals surface area contributed by atoms with Crippen LogP contribution in [0.1, 0.15) is 26.5 Å². The van der Waals surface area contributed by atoms with E-state index in [4.69, 9.17) is 0 Å². The molecule has 3 nitrogen and oxygen atoms in total. The number of carbonyl (C=O) groups is 1. The summed E-state index contributed by atoms with van der Waals surface area (Å²) in [7, 11) is 0. The van der Waals surface area contributed by atoms with E-state index in [2.05, 4.69) is 18.8 Å². The number of ketones is 1. The van der Waals surface area contributed by atoms with Crippen LogP contribution in [0.3, 0.4) is 0 Å². The first-order valence-corrected chi connectivity index (χ1v) is 4.58. The highest BCUT2D eigenvalue weighted by atomic mass is 16.1. The highest BCUT2D eigenvalue weighted by molar-refractivity contribution is 5.77. The van der Waals surface area contributed by atoms with Crippen LogP contribution in [0.4, 0.5) is 0 Å². The van der Waals surface area contributed by atoms with E-state index in [1.165, 1.54) is 0 Å². The molecule has 0 aliphatic heterocycles. The van der Waals surface area contributed by atoms with E-state index in [1.807, 2.05) is 4.57 Å². The van der Waals surface area contributed by atoms with Gasteiger partial charge in [-0.1, -0.05) is 13.8 Å². The molecule has 0 bridgehead atoms. The molecule has 0 spiro atoms. The molecule has 0 saturated heterocycles. The molecule has 3 heteroatoms. The van der Waals surface area contributed by atoms with Crippen LogP contribution in [0.5, 0.6) is 0 Å². The molecule has 0 amide bonds. The van der Waals surface area contributed by atoms with E-state index in [-0.39, 0.29) is 5.78 Å². The lowest BCUT2D eigenvalue weighted by molar-refractivity contribution is -0.116. The number of hydrogen-bond donors (Lipinski definition) is 0. The maximum absolute atomic E-state index is 10.9. The third-order valence-corrected chi connectivity index (χ3v) is 1.79. The zero-order valence-corrected chi connectivity index (χ0v) is 8.45. The van der Waals surface area contributed by atoms with Gasteiger partial charge in [-0.2, -0.15) is 0 Å². The van der Waals surface area contributed by atoms with Crippen molar-refractivity contribution in [1.29, 1.82) is 0 Å². The van der Waals surface area contributed by atoms with Gasteiger partial charge in [-0.3, -0.25) is 4.79 Å². The minimum absolute atomic E-state index is 0.186. The third-order valence-electron chi connectivity index (χ3n) is 1.79. The van der Waals surface area contributed by atoms with E-state index >= 15 is 0 Å². The second-order valence-corrected chi connectivity index (χ2v) is 3.81. The Hall–Kier alpha value is -1.12. The van der Waals surface area contributed by atoms with Crippen molar-refractivity contribution in [3.05, 3.63) is 18.2 Å². The van der Waals surface area contributed by atoms with Crippen molar-refractivity contribution in [3.8, 4) is 0 Å². The number of carbonyl (C=O) groups excluding carboxylic acids is 1. The molecular weight excluding hydrogens is 164 g/mol. The molecule has 0 radical (unpaired) electrons. The number of aromatic nitrogens is 2. The summed E-state index contributed by atoms with van der Waals surface area (Å²) in [6, 6.07) is 0. The molecule has 72 valence electrons. The Morgan fingerprint density at radius 3 is 2.85 bits per heavy atom. The fourth-order valence-electron chi connectivity index (χ4n) is 1.31. The molecule has 0 atom stereocenters. The summed E-state index contributed by atoms with van der Waals surface area (Å²) in [5.74, 6) is 0.769. The van der Waals surface area contributed by atoms with Crippen LogP contribution < -0.4 is 0 Å². The summed E-state index contributed by atoms with van der Waals surface area (Å²) < 4.78 is 2.05. The highest BCUT2D eigenvalue weighted by Crippen LogP contribution is 2.05. The van der Waals surface area contributed by atoms with Crippen LogP contribution >= 0.6 is 0 Å². The monoisotopic (exact) mass is 180 g/mol. The lowest BCUT2D eigenvalue weighted by atomic mass is 10.2. The topological polar surface area (TPSA) is 34.9 Å². The summed E-state index contributed by atoms with van der Waals surface area (Å²) in [5, 5.41) is 0.